The molecule has 1 N–H and O–H groups in total. The molecule has 0 fully saturated rings. The highest BCUT2D eigenvalue weighted by Gasteiger charge is 2.11. The molecule has 1 heterocycles. The minimum absolute atomic E-state index is 0.104. The lowest BCUT2D eigenvalue weighted by molar-refractivity contribution is 0.102. The molecule has 5 nitrogen and oxygen atoms in total. The average Bonchev–Trinajstić information content (AvgIpc) is 2.42. The number of ether oxygens (including phenoxy) is 1. The molecule has 0 atom stereocenters. The van der Waals surface area contributed by atoms with Crippen LogP contribution in [0.2, 0.25) is 0 Å². The minimum atomic E-state index is -0.436. The largest absolute Gasteiger partial charge is 0.497 e. The molecule has 98 valence electrons. The van der Waals surface area contributed by atoms with Gasteiger partial charge >= 0.3 is 0 Å². The van der Waals surface area contributed by atoms with Gasteiger partial charge in [0.2, 0.25) is 0 Å². The molecule has 0 aliphatic rings. The van der Waals surface area contributed by atoms with Gasteiger partial charge in [-0.25, -0.2) is 0 Å². The molecule has 0 bridgehead atoms. The van der Waals surface area contributed by atoms with Crippen LogP contribution in [0.5, 0.6) is 5.75 Å². The van der Waals surface area contributed by atoms with Crippen molar-refractivity contribution < 1.29 is 9.53 Å². The third-order valence-electron chi connectivity index (χ3n) is 2.70. The third-order valence-corrected chi connectivity index (χ3v) is 2.70. The van der Waals surface area contributed by atoms with Crippen molar-refractivity contribution in [2.24, 2.45) is 7.05 Å². The summed E-state index contributed by atoms with van der Waals surface area (Å²) < 4.78 is 6.43. The number of benzene rings is 1. The smallest absolute Gasteiger partial charge is 0.263 e. The summed E-state index contributed by atoms with van der Waals surface area (Å²) in [7, 11) is 3.15. The molecule has 0 saturated heterocycles. The molecule has 0 saturated carbocycles. The Bertz CT molecular complexity index is 662. The Morgan fingerprint density at radius 1 is 1.26 bits per heavy atom. The highest BCUT2D eigenvalue weighted by Crippen LogP contribution is 2.17. The Hall–Kier alpha value is -2.56. The number of nitrogens with one attached hydrogen (secondary N) is 1. The van der Waals surface area contributed by atoms with Crippen molar-refractivity contribution in [1.82, 2.24) is 4.57 Å². The first-order valence-corrected chi connectivity index (χ1v) is 5.73. The zero-order valence-electron chi connectivity index (χ0n) is 10.7. The molecule has 0 aliphatic carbocycles. The molecule has 1 aromatic heterocycles. The van der Waals surface area contributed by atoms with Gasteiger partial charge in [-0.05, 0) is 24.3 Å². The predicted molar refractivity (Wildman–Crippen MR) is 72.6 cm³/mol. The number of anilines is 1. The Labute approximate surface area is 110 Å². The van der Waals surface area contributed by atoms with Crippen LogP contribution in [0.3, 0.4) is 0 Å². The quantitative estimate of drug-likeness (QED) is 0.910. The monoisotopic (exact) mass is 258 g/mol. The van der Waals surface area contributed by atoms with Crippen molar-refractivity contribution in [3.8, 4) is 5.75 Å². The van der Waals surface area contributed by atoms with Crippen molar-refractivity contribution >= 4 is 11.6 Å². The number of amides is 1. The van der Waals surface area contributed by atoms with Crippen LogP contribution in [0.25, 0.3) is 0 Å². The van der Waals surface area contributed by atoms with Crippen LogP contribution in [-0.4, -0.2) is 17.6 Å². The van der Waals surface area contributed by atoms with Gasteiger partial charge in [-0.2, -0.15) is 0 Å². The maximum atomic E-state index is 12.0. The zero-order valence-corrected chi connectivity index (χ0v) is 10.7. The van der Waals surface area contributed by atoms with E-state index >= 15 is 0 Å². The number of aromatic nitrogens is 1. The summed E-state index contributed by atoms with van der Waals surface area (Å²) in [5, 5.41) is 2.67. The van der Waals surface area contributed by atoms with Crippen LogP contribution in [0, 0.1) is 0 Å². The fourth-order valence-electron chi connectivity index (χ4n) is 1.67. The molecule has 1 aromatic carbocycles. The number of carbonyl (C=O) groups excluding carboxylic acids is 1. The Balaban J connectivity index is 2.26. The van der Waals surface area contributed by atoms with E-state index in [1.54, 1.807) is 50.7 Å². The van der Waals surface area contributed by atoms with Gasteiger partial charge in [0, 0.05) is 25.0 Å². The van der Waals surface area contributed by atoms with Gasteiger partial charge in [0.15, 0.2) is 0 Å². The van der Waals surface area contributed by atoms with E-state index in [9.17, 15) is 9.59 Å². The molecular formula is C14H14N2O3. The van der Waals surface area contributed by atoms with E-state index < -0.39 is 5.91 Å². The van der Waals surface area contributed by atoms with E-state index in [2.05, 4.69) is 5.32 Å². The van der Waals surface area contributed by atoms with Crippen LogP contribution >= 0.6 is 0 Å². The second kappa shape index (κ2) is 5.39. The second-order valence-corrected chi connectivity index (χ2v) is 4.02. The maximum Gasteiger partial charge on any atom is 0.263 e. The molecule has 19 heavy (non-hydrogen) atoms. The lowest BCUT2D eigenvalue weighted by Crippen LogP contribution is -2.26. The summed E-state index contributed by atoms with van der Waals surface area (Å²) in [5.41, 5.74) is 0.353. The van der Waals surface area contributed by atoms with E-state index in [0.29, 0.717) is 11.4 Å². The number of nitrogens with zero attached hydrogens (tertiary/aromatic N) is 1. The van der Waals surface area contributed by atoms with Gasteiger partial charge in [0.05, 0.1) is 7.11 Å². The number of carbonyl (C=O) groups is 1. The van der Waals surface area contributed by atoms with Gasteiger partial charge < -0.3 is 14.6 Å². The van der Waals surface area contributed by atoms with Gasteiger partial charge in [-0.1, -0.05) is 6.07 Å². The Morgan fingerprint density at radius 2 is 2.05 bits per heavy atom. The van der Waals surface area contributed by atoms with E-state index in [-0.39, 0.29) is 11.1 Å². The molecular weight excluding hydrogens is 244 g/mol. The van der Waals surface area contributed by atoms with Gasteiger partial charge in [-0.15, -0.1) is 0 Å². The molecule has 2 rings (SSSR count). The van der Waals surface area contributed by atoms with Crippen LogP contribution in [0.1, 0.15) is 10.4 Å². The van der Waals surface area contributed by atoms with Gasteiger partial charge in [-0.3, -0.25) is 9.59 Å². The lowest BCUT2D eigenvalue weighted by atomic mass is 10.2. The van der Waals surface area contributed by atoms with E-state index in [1.165, 1.54) is 10.6 Å². The summed E-state index contributed by atoms with van der Waals surface area (Å²) in [4.78, 5) is 23.8. The maximum absolute atomic E-state index is 12.0. The second-order valence-electron chi connectivity index (χ2n) is 4.02. The molecule has 5 heteroatoms. The molecule has 0 radical (unpaired) electrons. The summed E-state index contributed by atoms with van der Waals surface area (Å²) in [6.07, 6.45) is 1.60. The van der Waals surface area contributed by atoms with E-state index in [0.717, 1.165) is 0 Å². The van der Waals surface area contributed by atoms with Crippen molar-refractivity contribution in [2.75, 3.05) is 12.4 Å². The van der Waals surface area contributed by atoms with Crippen molar-refractivity contribution in [1.29, 1.82) is 0 Å². The fraction of sp³-hybridized carbons (Fsp3) is 0.143. The molecule has 1 amide bonds. The van der Waals surface area contributed by atoms with Crippen molar-refractivity contribution in [3.63, 3.8) is 0 Å². The fourth-order valence-corrected chi connectivity index (χ4v) is 1.67. The summed E-state index contributed by atoms with van der Waals surface area (Å²) >= 11 is 0. The predicted octanol–water partition coefficient (Wildman–Crippen LogP) is 1.65. The highest BCUT2D eigenvalue weighted by atomic mass is 16.5. The minimum Gasteiger partial charge on any atom is -0.497 e. The standard InChI is InChI=1S/C14H14N2O3/c1-16-8-4-7-12(14(16)18)13(17)15-10-5-3-6-11(9-10)19-2/h3-9H,1-2H3,(H,15,17). The lowest BCUT2D eigenvalue weighted by Gasteiger charge is -2.07. The topological polar surface area (TPSA) is 60.3 Å². The first-order chi connectivity index (χ1) is 9.11. The van der Waals surface area contributed by atoms with Crippen LogP contribution in [0.4, 0.5) is 5.69 Å². The number of aryl methyl sites for hydroxylation is 1. The van der Waals surface area contributed by atoms with Crippen molar-refractivity contribution in [2.45, 2.75) is 0 Å². The third kappa shape index (κ3) is 2.82. The number of methoxy groups -OCH3 is 1. The first-order valence-electron chi connectivity index (χ1n) is 5.73. The van der Waals surface area contributed by atoms with E-state index in [4.69, 9.17) is 4.74 Å². The summed E-state index contributed by atoms with van der Waals surface area (Å²) in [5.74, 6) is 0.202. The number of hydrogen-bond acceptors (Lipinski definition) is 3. The van der Waals surface area contributed by atoms with Crippen LogP contribution < -0.4 is 15.6 Å². The highest BCUT2D eigenvalue weighted by molar-refractivity contribution is 6.04. The van der Waals surface area contributed by atoms with E-state index in [1.807, 2.05) is 0 Å². The number of pyridine rings is 1. The molecule has 0 aliphatic heterocycles. The Morgan fingerprint density at radius 3 is 2.79 bits per heavy atom. The van der Waals surface area contributed by atoms with Gasteiger partial charge in [0.25, 0.3) is 11.5 Å². The number of rotatable bonds is 3. The normalized spacial score (nSPS) is 10.0. The molecule has 0 unspecified atom stereocenters. The van der Waals surface area contributed by atoms with Gasteiger partial charge in [0.1, 0.15) is 11.3 Å². The van der Waals surface area contributed by atoms with Crippen molar-refractivity contribution in [3.05, 3.63) is 58.5 Å². The zero-order chi connectivity index (χ0) is 13.8. The van der Waals surface area contributed by atoms with Crippen LogP contribution in [-0.2, 0) is 7.05 Å². The Kier molecular flexibility index (Phi) is 3.66. The molecule has 2 aromatic rings. The SMILES string of the molecule is COc1cccc(NC(=O)c2cccn(C)c2=O)c1. The summed E-state index contributed by atoms with van der Waals surface area (Å²) in [6.45, 7) is 0. The average molecular weight is 258 g/mol. The number of hydrogen-bond donors (Lipinski definition) is 1. The first kappa shape index (κ1) is 12.9. The van der Waals surface area contributed by atoms with Crippen LogP contribution in [0.15, 0.2) is 47.4 Å². The summed E-state index contributed by atoms with van der Waals surface area (Å²) in [6, 6.07) is 10.1. The molecule has 0 spiro atoms.